The van der Waals surface area contributed by atoms with Crippen molar-refractivity contribution in [2.45, 2.75) is 33.2 Å². The van der Waals surface area contributed by atoms with Gasteiger partial charge in [-0.2, -0.15) is 0 Å². The van der Waals surface area contributed by atoms with E-state index in [4.69, 9.17) is 0 Å². The maximum Gasteiger partial charge on any atom is 0.125 e. The smallest absolute Gasteiger partial charge is 0.125 e. The molecule has 3 nitrogen and oxygen atoms in total. The molecule has 3 heteroatoms. The maximum atomic E-state index is 4.23. The van der Waals surface area contributed by atoms with Gasteiger partial charge >= 0.3 is 0 Å². The number of hydrogen-bond acceptors (Lipinski definition) is 3. The van der Waals surface area contributed by atoms with E-state index in [1.807, 2.05) is 13.2 Å². The second kappa shape index (κ2) is 7.23. The SMILES string of the molecule is CCCN(CCC)Cc1ccnc(NC)c1. The van der Waals surface area contributed by atoms with Crippen molar-refractivity contribution in [3.05, 3.63) is 23.9 Å². The van der Waals surface area contributed by atoms with Crippen molar-refractivity contribution in [1.82, 2.24) is 9.88 Å². The lowest BCUT2D eigenvalue weighted by Gasteiger charge is -2.21. The number of anilines is 1. The van der Waals surface area contributed by atoms with Crippen molar-refractivity contribution in [1.29, 1.82) is 0 Å². The second-order valence-electron chi connectivity index (χ2n) is 4.08. The van der Waals surface area contributed by atoms with Gasteiger partial charge in [-0.15, -0.1) is 0 Å². The molecule has 0 atom stereocenters. The van der Waals surface area contributed by atoms with Crippen molar-refractivity contribution < 1.29 is 0 Å². The van der Waals surface area contributed by atoms with E-state index in [2.05, 4.69) is 41.2 Å². The van der Waals surface area contributed by atoms with E-state index in [0.29, 0.717) is 0 Å². The lowest BCUT2D eigenvalue weighted by molar-refractivity contribution is 0.266. The number of aromatic nitrogens is 1. The van der Waals surface area contributed by atoms with Crippen LogP contribution in [0.4, 0.5) is 5.82 Å². The molecule has 0 amide bonds. The summed E-state index contributed by atoms with van der Waals surface area (Å²) in [5.41, 5.74) is 1.33. The molecule has 90 valence electrons. The lowest BCUT2D eigenvalue weighted by Crippen LogP contribution is -2.24. The number of hydrogen-bond donors (Lipinski definition) is 1. The average molecular weight is 221 g/mol. The topological polar surface area (TPSA) is 28.2 Å². The number of pyridine rings is 1. The standard InChI is InChI=1S/C13H23N3/c1-4-8-16(9-5-2)11-12-6-7-15-13(10-12)14-3/h6-7,10H,4-5,8-9,11H2,1-3H3,(H,14,15). The first-order chi connectivity index (χ1) is 7.80. The Hall–Kier alpha value is -1.09. The molecule has 0 aliphatic rings. The van der Waals surface area contributed by atoms with Gasteiger partial charge in [-0.3, -0.25) is 4.90 Å². The first-order valence-electron chi connectivity index (χ1n) is 6.15. The highest BCUT2D eigenvalue weighted by atomic mass is 15.1. The van der Waals surface area contributed by atoms with Gasteiger partial charge in [0.25, 0.3) is 0 Å². The molecule has 1 aromatic rings. The molecule has 1 heterocycles. The third kappa shape index (κ3) is 4.19. The zero-order valence-corrected chi connectivity index (χ0v) is 10.7. The molecule has 0 unspecified atom stereocenters. The summed E-state index contributed by atoms with van der Waals surface area (Å²) in [7, 11) is 1.90. The van der Waals surface area contributed by atoms with Crippen LogP contribution in [-0.4, -0.2) is 30.0 Å². The molecule has 0 radical (unpaired) electrons. The van der Waals surface area contributed by atoms with Crippen LogP contribution in [-0.2, 0) is 6.54 Å². The molecule has 1 aromatic heterocycles. The quantitative estimate of drug-likeness (QED) is 0.767. The van der Waals surface area contributed by atoms with Gasteiger partial charge in [0, 0.05) is 19.8 Å². The van der Waals surface area contributed by atoms with E-state index in [1.165, 1.54) is 31.5 Å². The highest BCUT2D eigenvalue weighted by Crippen LogP contribution is 2.09. The van der Waals surface area contributed by atoms with Gasteiger partial charge in [0.1, 0.15) is 5.82 Å². The van der Waals surface area contributed by atoms with Crippen LogP contribution in [0, 0.1) is 0 Å². The molecule has 0 spiro atoms. The Labute approximate surface area is 98.9 Å². The van der Waals surface area contributed by atoms with Crippen LogP contribution < -0.4 is 5.32 Å². The number of nitrogens with one attached hydrogen (secondary N) is 1. The van der Waals surface area contributed by atoms with Gasteiger partial charge in [0.15, 0.2) is 0 Å². The summed E-state index contributed by atoms with van der Waals surface area (Å²) in [6.07, 6.45) is 4.30. The Bertz CT molecular complexity index is 293. The van der Waals surface area contributed by atoms with Gasteiger partial charge < -0.3 is 5.32 Å². The fourth-order valence-corrected chi connectivity index (χ4v) is 1.87. The molecule has 1 N–H and O–H groups in total. The van der Waals surface area contributed by atoms with Gasteiger partial charge in [-0.05, 0) is 43.6 Å². The fourth-order valence-electron chi connectivity index (χ4n) is 1.87. The van der Waals surface area contributed by atoms with E-state index in [1.54, 1.807) is 0 Å². The van der Waals surface area contributed by atoms with Crippen LogP contribution in [0.1, 0.15) is 32.3 Å². The van der Waals surface area contributed by atoms with E-state index >= 15 is 0 Å². The Morgan fingerprint density at radius 1 is 1.25 bits per heavy atom. The molecule has 0 fully saturated rings. The third-order valence-corrected chi connectivity index (χ3v) is 2.57. The van der Waals surface area contributed by atoms with Crippen molar-refractivity contribution in [2.75, 3.05) is 25.5 Å². The molecular weight excluding hydrogens is 198 g/mol. The van der Waals surface area contributed by atoms with Crippen LogP contribution in [0.2, 0.25) is 0 Å². The Morgan fingerprint density at radius 2 is 1.94 bits per heavy atom. The van der Waals surface area contributed by atoms with E-state index in [9.17, 15) is 0 Å². The summed E-state index contributed by atoms with van der Waals surface area (Å²) in [6, 6.07) is 4.22. The van der Waals surface area contributed by atoms with Crippen LogP contribution in [0.15, 0.2) is 18.3 Å². The first-order valence-corrected chi connectivity index (χ1v) is 6.15. The van der Waals surface area contributed by atoms with Crippen LogP contribution in [0.3, 0.4) is 0 Å². The highest BCUT2D eigenvalue weighted by Gasteiger charge is 2.04. The largest absolute Gasteiger partial charge is 0.373 e. The summed E-state index contributed by atoms with van der Waals surface area (Å²) >= 11 is 0. The van der Waals surface area contributed by atoms with Crippen LogP contribution in [0.5, 0.6) is 0 Å². The summed E-state index contributed by atoms with van der Waals surface area (Å²) in [5, 5.41) is 3.07. The minimum Gasteiger partial charge on any atom is -0.373 e. The van der Waals surface area contributed by atoms with Gasteiger partial charge in [0.2, 0.25) is 0 Å². The van der Waals surface area contributed by atoms with Crippen LogP contribution in [0.25, 0.3) is 0 Å². The Balaban J connectivity index is 2.60. The fraction of sp³-hybridized carbons (Fsp3) is 0.615. The predicted molar refractivity (Wildman–Crippen MR) is 69.6 cm³/mol. The molecular formula is C13H23N3. The summed E-state index contributed by atoms with van der Waals surface area (Å²) in [5.74, 6) is 0.949. The van der Waals surface area contributed by atoms with Crippen LogP contribution >= 0.6 is 0 Å². The normalized spacial score (nSPS) is 10.8. The van der Waals surface area contributed by atoms with Gasteiger partial charge in [-0.1, -0.05) is 13.8 Å². The summed E-state index contributed by atoms with van der Waals surface area (Å²) in [4.78, 5) is 6.72. The predicted octanol–water partition coefficient (Wildman–Crippen LogP) is 2.75. The zero-order chi connectivity index (χ0) is 11.8. The zero-order valence-electron chi connectivity index (χ0n) is 10.7. The van der Waals surface area contributed by atoms with Crippen molar-refractivity contribution >= 4 is 5.82 Å². The third-order valence-electron chi connectivity index (χ3n) is 2.57. The van der Waals surface area contributed by atoms with E-state index in [-0.39, 0.29) is 0 Å². The lowest BCUT2D eigenvalue weighted by atomic mass is 10.2. The monoisotopic (exact) mass is 221 g/mol. The number of nitrogens with zero attached hydrogens (tertiary/aromatic N) is 2. The highest BCUT2D eigenvalue weighted by molar-refractivity contribution is 5.36. The van der Waals surface area contributed by atoms with Crippen molar-refractivity contribution in [3.8, 4) is 0 Å². The molecule has 0 saturated heterocycles. The van der Waals surface area contributed by atoms with Crippen molar-refractivity contribution in [3.63, 3.8) is 0 Å². The maximum absolute atomic E-state index is 4.23. The van der Waals surface area contributed by atoms with E-state index < -0.39 is 0 Å². The van der Waals surface area contributed by atoms with Gasteiger partial charge in [-0.25, -0.2) is 4.98 Å². The average Bonchev–Trinajstić information content (AvgIpc) is 2.30. The van der Waals surface area contributed by atoms with Crippen molar-refractivity contribution in [2.24, 2.45) is 0 Å². The Kier molecular flexibility index (Phi) is 5.86. The Morgan fingerprint density at radius 3 is 2.50 bits per heavy atom. The minimum atomic E-state index is 0.949. The van der Waals surface area contributed by atoms with Gasteiger partial charge in [0.05, 0.1) is 0 Å². The summed E-state index contributed by atoms with van der Waals surface area (Å²) in [6.45, 7) is 7.83. The molecule has 0 saturated carbocycles. The molecule has 0 aliphatic carbocycles. The molecule has 16 heavy (non-hydrogen) atoms. The molecule has 0 aromatic carbocycles. The molecule has 1 rings (SSSR count). The van der Waals surface area contributed by atoms with E-state index in [0.717, 1.165) is 12.4 Å². The molecule has 0 bridgehead atoms. The minimum absolute atomic E-state index is 0.949. The number of rotatable bonds is 7. The summed E-state index contributed by atoms with van der Waals surface area (Å²) < 4.78 is 0. The second-order valence-corrected chi connectivity index (χ2v) is 4.08. The first kappa shape index (κ1) is 13.0. The molecule has 0 aliphatic heterocycles.